The summed E-state index contributed by atoms with van der Waals surface area (Å²) in [6.45, 7) is 0. The summed E-state index contributed by atoms with van der Waals surface area (Å²) < 4.78 is 23.7. The lowest BCUT2D eigenvalue weighted by atomic mass is 10.00. The summed E-state index contributed by atoms with van der Waals surface area (Å²) >= 11 is 0. The third kappa shape index (κ3) is 3.15. The molecule has 0 aliphatic carbocycles. The van der Waals surface area contributed by atoms with E-state index in [-0.39, 0.29) is 23.5 Å². The van der Waals surface area contributed by atoms with E-state index in [2.05, 4.69) is 5.32 Å². The summed E-state index contributed by atoms with van der Waals surface area (Å²) in [5.74, 6) is -0.374. The number of Topliss-reactive ketones (excluding diaryl/α,β-unsaturated/α-hetero) is 1. The molecule has 3 rings (SSSR count). The highest BCUT2D eigenvalue weighted by Gasteiger charge is 2.31. The van der Waals surface area contributed by atoms with E-state index in [9.17, 15) is 14.0 Å². The van der Waals surface area contributed by atoms with Crippen LogP contribution in [-0.2, 0) is 4.79 Å². The van der Waals surface area contributed by atoms with Gasteiger partial charge in [-0.1, -0.05) is 0 Å². The molecule has 0 saturated carbocycles. The lowest BCUT2D eigenvalue weighted by molar-refractivity contribution is -0.122. The van der Waals surface area contributed by atoms with Gasteiger partial charge in [-0.15, -0.1) is 0 Å². The van der Waals surface area contributed by atoms with Gasteiger partial charge >= 0.3 is 0 Å². The number of carbonyl (C=O) groups is 2. The molecule has 0 radical (unpaired) electrons. The van der Waals surface area contributed by atoms with Gasteiger partial charge in [0.25, 0.3) is 5.91 Å². The maximum atomic E-state index is 13.2. The number of carbonyl (C=O) groups excluding carboxylic acids is 2. The van der Waals surface area contributed by atoms with Crippen LogP contribution >= 0.6 is 0 Å². The maximum absolute atomic E-state index is 13.2. The number of hydrogen-bond acceptors (Lipinski definition) is 4. The minimum absolute atomic E-state index is 0.127. The van der Waals surface area contributed by atoms with Crippen molar-refractivity contribution in [1.29, 1.82) is 0 Å². The Balaban J connectivity index is 1.73. The lowest BCUT2D eigenvalue weighted by Crippen LogP contribution is -2.38. The smallest absolute Gasteiger partial charge is 0.265 e. The quantitative estimate of drug-likeness (QED) is 0.946. The predicted molar refractivity (Wildman–Crippen MR) is 81.4 cm³/mol. The largest absolute Gasteiger partial charge is 0.497 e. The molecular formula is C17H14FNO4. The van der Waals surface area contributed by atoms with Gasteiger partial charge < -0.3 is 14.8 Å². The van der Waals surface area contributed by atoms with Crippen molar-refractivity contribution in [3.8, 4) is 11.5 Å². The minimum atomic E-state index is -0.942. The van der Waals surface area contributed by atoms with Crippen molar-refractivity contribution >= 4 is 17.4 Å². The molecule has 1 heterocycles. The van der Waals surface area contributed by atoms with Crippen molar-refractivity contribution in [1.82, 2.24) is 0 Å². The number of rotatable bonds is 3. The SMILES string of the molecule is COc1ccc(NC(=O)C2CC(=O)c3cc(F)ccc3O2)cc1. The number of ether oxygens (including phenoxy) is 2. The second kappa shape index (κ2) is 6.08. The summed E-state index contributed by atoms with van der Waals surface area (Å²) in [6.07, 6.45) is -1.07. The number of benzene rings is 2. The van der Waals surface area contributed by atoms with E-state index in [1.54, 1.807) is 31.4 Å². The van der Waals surface area contributed by atoms with Crippen LogP contribution in [0, 0.1) is 5.82 Å². The fourth-order valence-corrected chi connectivity index (χ4v) is 2.34. The van der Waals surface area contributed by atoms with Gasteiger partial charge in [0, 0.05) is 5.69 Å². The standard InChI is InChI=1S/C17H14FNO4/c1-22-12-5-3-11(4-6-12)19-17(21)16-9-14(20)13-8-10(18)2-7-15(13)23-16/h2-8,16H,9H2,1H3,(H,19,21). The van der Waals surface area contributed by atoms with E-state index in [4.69, 9.17) is 9.47 Å². The first kappa shape index (κ1) is 15.0. The van der Waals surface area contributed by atoms with Gasteiger partial charge in [0.05, 0.1) is 19.1 Å². The topological polar surface area (TPSA) is 64.6 Å². The number of halogens is 1. The molecule has 0 fully saturated rings. The third-order valence-corrected chi connectivity index (χ3v) is 3.53. The van der Waals surface area contributed by atoms with Crippen LogP contribution < -0.4 is 14.8 Å². The summed E-state index contributed by atoms with van der Waals surface area (Å²) in [5.41, 5.74) is 0.732. The van der Waals surface area contributed by atoms with E-state index < -0.39 is 17.8 Å². The third-order valence-electron chi connectivity index (χ3n) is 3.53. The Morgan fingerprint density at radius 2 is 2.00 bits per heavy atom. The normalized spacial score (nSPS) is 16.3. The van der Waals surface area contributed by atoms with Crippen molar-refractivity contribution in [2.24, 2.45) is 0 Å². The van der Waals surface area contributed by atoms with Crippen molar-refractivity contribution in [3.05, 3.63) is 53.8 Å². The fraction of sp³-hybridized carbons (Fsp3) is 0.176. The van der Waals surface area contributed by atoms with Gasteiger partial charge in [0.1, 0.15) is 17.3 Å². The molecule has 0 saturated heterocycles. The Labute approximate surface area is 132 Å². The molecule has 1 N–H and O–H groups in total. The molecular weight excluding hydrogens is 301 g/mol. The summed E-state index contributed by atoms with van der Waals surface area (Å²) in [7, 11) is 1.55. The Morgan fingerprint density at radius 1 is 1.26 bits per heavy atom. The van der Waals surface area contributed by atoms with Crippen LogP contribution in [0.5, 0.6) is 11.5 Å². The van der Waals surface area contributed by atoms with Crippen molar-refractivity contribution in [2.75, 3.05) is 12.4 Å². The first-order valence-electron chi connectivity index (χ1n) is 7.01. The van der Waals surface area contributed by atoms with Crippen molar-refractivity contribution < 1.29 is 23.5 Å². The molecule has 0 bridgehead atoms. The minimum Gasteiger partial charge on any atom is -0.497 e. The Kier molecular flexibility index (Phi) is 3.97. The molecule has 2 aromatic carbocycles. The average Bonchev–Trinajstić information content (AvgIpc) is 2.56. The van der Waals surface area contributed by atoms with Gasteiger partial charge in [-0.2, -0.15) is 0 Å². The monoisotopic (exact) mass is 315 g/mol. The van der Waals surface area contributed by atoms with E-state index in [0.29, 0.717) is 11.4 Å². The number of amides is 1. The fourth-order valence-electron chi connectivity index (χ4n) is 2.34. The summed E-state index contributed by atoms with van der Waals surface area (Å²) in [5, 5.41) is 2.68. The first-order valence-corrected chi connectivity index (χ1v) is 7.01. The molecule has 5 nitrogen and oxygen atoms in total. The van der Waals surface area contributed by atoms with Crippen molar-refractivity contribution in [2.45, 2.75) is 12.5 Å². The lowest BCUT2D eigenvalue weighted by Gasteiger charge is -2.24. The molecule has 118 valence electrons. The van der Waals surface area contributed by atoms with E-state index in [1.165, 1.54) is 12.1 Å². The van der Waals surface area contributed by atoms with Crippen molar-refractivity contribution in [3.63, 3.8) is 0 Å². The number of hydrogen-bond donors (Lipinski definition) is 1. The zero-order chi connectivity index (χ0) is 16.4. The van der Waals surface area contributed by atoms with Crippen LogP contribution in [0.3, 0.4) is 0 Å². The van der Waals surface area contributed by atoms with Gasteiger partial charge in [0.2, 0.25) is 0 Å². The predicted octanol–water partition coefficient (Wildman–Crippen LogP) is 2.81. The molecule has 6 heteroatoms. The highest BCUT2D eigenvalue weighted by Crippen LogP contribution is 2.28. The number of fused-ring (bicyclic) bond motifs is 1. The van der Waals surface area contributed by atoms with Gasteiger partial charge in [-0.25, -0.2) is 4.39 Å². The Hall–Kier alpha value is -2.89. The van der Waals surface area contributed by atoms with Crippen LogP contribution in [0.2, 0.25) is 0 Å². The number of methoxy groups -OCH3 is 1. The van der Waals surface area contributed by atoms with Crippen LogP contribution in [-0.4, -0.2) is 24.9 Å². The van der Waals surface area contributed by atoms with E-state index >= 15 is 0 Å². The molecule has 1 amide bonds. The first-order chi connectivity index (χ1) is 11.1. The van der Waals surface area contributed by atoms with Gasteiger partial charge in [0.15, 0.2) is 11.9 Å². The zero-order valence-corrected chi connectivity index (χ0v) is 12.3. The maximum Gasteiger partial charge on any atom is 0.265 e. The van der Waals surface area contributed by atoms with Crippen LogP contribution in [0.1, 0.15) is 16.8 Å². The highest BCUT2D eigenvalue weighted by atomic mass is 19.1. The van der Waals surface area contributed by atoms with E-state index in [0.717, 1.165) is 6.07 Å². The van der Waals surface area contributed by atoms with Gasteiger partial charge in [-0.3, -0.25) is 9.59 Å². The van der Waals surface area contributed by atoms with Crippen LogP contribution in [0.25, 0.3) is 0 Å². The number of nitrogens with one attached hydrogen (secondary N) is 1. The van der Waals surface area contributed by atoms with Crippen LogP contribution in [0.15, 0.2) is 42.5 Å². The second-order valence-electron chi connectivity index (χ2n) is 5.09. The highest BCUT2D eigenvalue weighted by molar-refractivity contribution is 6.05. The Bertz CT molecular complexity index is 758. The molecule has 1 atom stereocenters. The summed E-state index contributed by atoms with van der Waals surface area (Å²) in [6, 6.07) is 10.5. The summed E-state index contributed by atoms with van der Waals surface area (Å²) in [4.78, 5) is 24.3. The molecule has 23 heavy (non-hydrogen) atoms. The van der Waals surface area contributed by atoms with Gasteiger partial charge in [-0.05, 0) is 42.5 Å². The average molecular weight is 315 g/mol. The van der Waals surface area contributed by atoms with E-state index in [1.807, 2.05) is 0 Å². The molecule has 0 spiro atoms. The molecule has 1 aliphatic heterocycles. The number of ketones is 1. The van der Waals surface area contributed by atoms with Crippen LogP contribution in [0.4, 0.5) is 10.1 Å². The molecule has 1 unspecified atom stereocenters. The molecule has 0 aromatic heterocycles. The molecule has 1 aliphatic rings. The zero-order valence-electron chi connectivity index (χ0n) is 12.3. The number of anilines is 1. The Morgan fingerprint density at radius 3 is 2.70 bits per heavy atom. The second-order valence-corrected chi connectivity index (χ2v) is 5.09. The molecule has 2 aromatic rings.